The second-order valence-corrected chi connectivity index (χ2v) is 10.9. The Morgan fingerprint density at radius 2 is 1.76 bits per heavy atom. The first-order valence-corrected chi connectivity index (χ1v) is 13.0. The summed E-state index contributed by atoms with van der Waals surface area (Å²) in [7, 11) is 0.603. The van der Waals surface area contributed by atoms with Crippen LogP contribution in [0.5, 0.6) is 17.2 Å². The second-order valence-electron chi connectivity index (χ2n) is 8.04. The van der Waals surface area contributed by atoms with Crippen molar-refractivity contribution in [2.75, 3.05) is 25.7 Å². The van der Waals surface area contributed by atoms with E-state index in [1.807, 2.05) is 38.2 Å². The first-order chi connectivity index (χ1) is 15.5. The highest BCUT2D eigenvalue weighted by molar-refractivity contribution is 7.90. The van der Waals surface area contributed by atoms with E-state index < -0.39 is 9.84 Å². The summed E-state index contributed by atoms with van der Waals surface area (Å²) in [5.41, 5.74) is 1.22. The number of carbonyl (C=O) groups excluding carboxylic acids is 1. The molecule has 1 aromatic heterocycles. The predicted molar refractivity (Wildman–Crippen MR) is 129 cm³/mol. The van der Waals surface area contributed by atoms with E-state index in [9.17, 15) is 13.2 Å². The zero-order valence-corrected chi connectivity index (χ0v) is 20.8. The fraction of sp³-hybridized carbons (Fsp3) is 0.304. The second kappa shape index (κ2) is 10.3. The number of thiazole rings is 1. The molecule has 0 atom stereocenters. The lowest BCUT2D eigenvalue weighted by Gasteiger charge is -2.14. The number of nitrogens with one attached hydrogen (secondary N) is 1. The van der Waals surface area contributed by atoms with Crippen molar-refractivity contribution < 1.29 is 22.7 Å². The van der Waals surface area contributed by atoms with Gasteiger partial charge in [0.15, 0.2) is 15.0 Å². The number of nitrogens with zero attached hydrogens (tertiary/aromatic N) is 2. The Kier molecular flexibility index (Phi) is 7.72. The van der Waals surface area contributed by atoms with Crippen LogP contribution in [-0.4, -0.2) is 50.7 Å². The van der Waals surface area contributed by atoms with Gasteiger partial charge in [0.25, 0.3) is 5.91 Å². The minimum Gasteiger partial charge on any atom is -0.491 e. The Hall–Kier alpha value is -2.95. The van der Waals surface area contributed by atoms with E-state index in [-0.39, 0.29) is 16.9 Å². The lowest BCUT2D eigenvalue weighted by atomic mass is 10.2. The van der Waals surface area contributed by atoms with Crippen LogP contribution in [0.15, 0.2) is 52.7 Å². The molecule has 33 heavy (non-hydrogen) atoms. The first kappa shape index (κ1) is 24.7. The number of aromatic nitrogens is 1. The third kappa shape index (κ3) is 7.28. The predicted octanol–water partition coefficient (Wildman–Crippen LogP) is 4.44. The molecule has 2 aromatic carbocycles. The van der Waals surface area contributed by atoms with Gasteiger partial charge in [-0.1, -0.05) is 0 Å². The van der Waals surface area contributed by atoms with Crippen molar-refractivity contribution in [3.05, 3.63) is 59.1 Å². The Morgan fingerprint density at radius 1 is 1.09 bits per heavy atom. The maximum atomic E-state index is 12.9. The number of sulfone groups is 1. The van der Waals surface area contributed by atoms with Gasteiger partial charge in [-0.2, -0.15) is 0 Å². The summed E-state index contributed by atoms with van der Waals surface area (Å²) in [5, 5.41) is 5.23. The quantitative estimate of drug-likeness (QED) is 0.474. The summed E-state index contributed by atoms with van der Waals surface area (Å²) in [5.74, 6) is 0.960. The van der Waals surface area contributed by atoms with Gasteiger partial charge in [-0.05, 0) is 64.3 Å². The standard InChI is InChI=1S/C23H27N3O5S2/c1-15(2)30-19-10-16(22(27)25-23-24-17(14-32-23)13-26(3)4)11-20(12-19)31-18-6-8-21(9-7-18)33(5,28)29/h6-12,14-15H,13H2,1-5H3,(H,24,25,27). The van der Waals surface area contributed by atoms with Gasteiger partial charge in [-0.25, -0.2) is 13.4 Å². The number of ether oxygens (including phenoxy) is 2. The number of amides is 1. The SMILES string of the molecule is CC(C)Oc1cc(Oc2ccc(S(C)(=O)=O)cc2)cc(C(=O)Nc2nc(CN(C)C)cs2)c1. The Labute approximate surface area is 198 Å². The van der Waals surface area contributed by atoms with Crippen LogP contribution >= 0.6 is 11.3 Å². The van der Waals surface area contributed by atoms with Crippen molar-refractivity contribution in [3.8, 4) is 17.2 Å². The Morgan fingerprint density at radius 3 is 2.36 bits per heavy atom. The van der Waals surface area contributed by atoms with E-state index >= 15 is 0 Å². The number of rotatable bonds is 9. The van der Waals surface area contributed by atoms with Crippen molar-refractivity contribution in [1.29, 1.82) is 0 Å². The van der Waals surface area contributed by atoms with Crippen LogP contribution in [0.1, 0.15) is 29.9 Å². The van der Waals surface area contributed by atoms with E-state index in [0.717, 1.165) is 11.9 Å². The minimum atomic E-state index is -3.30. The van der Waals surface area contributed by atoms with Crippen molar-refractivity contribution in [2.45, 2.75) is 31.4 Å². The summed E-state index contributed by atoms with van der Waals surface area (Å²) < 4.78 is 35.0. The van der Waals surface area contributed by atoms with Crippen LogP contribution in [0, 0.1) is 0 Å². The monoisotopic (exact) mass is 489 g/mol. The molecule has 0 saturated heterocycles. The van der Waals surface area contributed by atoms with E-state index in [4.69, 9.17) is 9.47 Å². The third-order valence-corrected chi connectivity index (χ3v) is 6.19. The number of carbonyl (C=O) groups is 1. The molecule has 3 aromatic rings. The molecule has 0 unspecified atom stereocenters. The van der Waals surface area contributed by atoms with Crippen molar-refractivity contribution in [3.63, 3.8) is 0 Å². The molecule has 0 aliphatic rings. The van der Waals surface area contributed by atoms with Crippen molar-refractivity contribution >= 4 is 32.2 Å². The summed E-state index contributed by atoms with van der Waals surface area (Å²) in [4.78, 5) is 19.5. The Bertz CT molecular complexity index is 1220. The third-order valence-electron chi connectivity index (χ3n) is 4.25. The molecule has 0 saturated carbocycles. The lowest BCUT2D eigenvalue weighted by Crippen LogP contribution is -2.14. The van der Waals surface area contributed by atoms with Gasteiger partial charge in [0, 0.05) is 29.8 Å². The topological polar surface area (TPSA) is 97.8 Å². The van der Waals surface area contributed by atoms with Gasteiger partial charge in [-0.3, -0.25) is 10.1 Å². The number of anilines is 1. The molecule has 176 valence electrons. The average Bonchev–Trinajstić information content (AvgIpc) is 3.13. The highest BCUT2D eigenvalue weighted by Gasteiger charge is 2.15. The van der Waals surface area contributed by atoms with E-state index in [1.165, 1.54) is 23.5 Å². The van der Waals surface area contributed by atoms with Crippen LogP contribution in [0.2, 0.25) is 0 Å². The fourth-order valence-corrected chi connectivity index (χ4v) is 4.25. The molecule has 0 radical (unpaired) electrons. The zero-order valence-electron chi connectivity index (χ0n) is 19.2. The number of hydrogen-bond acceptors (Lipinski definition) is 8. The molecule has 1 amide bonds. The van der Waals surface area contributed by atoms with E-state index in [1.54, 1.807) is 30.3 Å². The summed E-state index contributed by atoms with van der Waals surface area (Å²) >= 11 is 1.36. The normalized spacial score (nSPS) is 11.6. The maximum Gasteiger partial charge on any atom is 0.257 e. The summed E-state index contributed by atoms with van der Waals surface area (Å²) in [6.07, 6.45) is 1.05. The number of benzene rings is 2. The van der Waals surface area contributed by atoms with Crippen LogP contribution in [-0.2, 0) is 16.4 Å². The van der Waals surface area contributed by atoms with Crippen LogP contribution < -0.4 is 14.8 Å². The van der Waals surface area contributed by atoms with E-state index in [0.29, 0.717) is 34.5 Å². The molecule has 1 N–H and O–H groups in total. The van der Waals surface area contributed by atoms with Crippen molar-refractivity contribution in [2.24, 2.45) is 0 Å². The molecule has 0 aliphatic carbocycles. The maximum absolute atomic E-state index is 12.9. The van der Waals surface area contributed by atoms with Crippen LogP contribution in [0.4, 0.5) is 5.13 Å². The molecule has 0 spiro atoms. The van der Waals surface area contributed by atoms with Gasteiger partial charge in [0.05, 0.1) is 16.7 Å². The van der Waals surface area contributed by atoms with Crippen LogP contribution in [0.25, 0.3) is 0 Å². The molecule has 3 rings (SSSR count). The zero-order chi connectivity index (χ0) is 24.2. The molecule has 1 heterocycles. The van der Waals surface area contributed by atoms with Gasteiger partial charge >= 0.3 is 0 Å². The number of hydrogen-bond donors (Lipinski definition) is 1. The Balaban J connectivity index is 1.83. The first-order valence-electron chi connectivity index (χ1n) is 10.2. The average molecular weight is 490 g/mol. The molecule has 10 heteroatoms. The highest BCUT2D eigenvalue weighted by Crippen LogP contribution is 2.29. The summed E-state index contributed by atoms with van der Waals surface area (Å²) in [6, 6.07) is 11.0. The smallest absolute Gasteiger partial charge is 0.257 e. The van der Waals surface area contributed by atoms with Gasteiger partial charge in [0.1, 0.15) is 17.2 Å². The van der Waals surface area contributed by atoms with Crippen molar-refractivity contribution in [1.82, 2.24) is 9.88 Å². The lowest BCUT2D eigenvalue weighted by molar-refractivity contribution is 0.102. The molecule has 8 nitrogen and oxygen atoms in total. The van der Waals surface area contributed by atoms with Crippen LogP contribution in [0.3, 0.4) is 0 Å². The highest BCUT2D eigenvalue weighted by atomic mass is 32.2. The molecular formula is C23H27N3O5S2. The van der Waals surface area contributed by atoms with Gasteiger partial charge < -0.3 is 14.4 Å². The summed E-state index contributed by atoms with van der Waals surface area (Å²) in [6.45, 7) is 4.46. The van der Waals surface area contributed by atoms with E-state index in [2.05, 4.69) is 10.3 Å². The minimum absolute atomic E-state index is 0.0993. The fourth-order valence-electron chi connectivity index (χ4n) is 2.92. The molecule has 0 fully saturated rings. The molecule has 0 aliphatic heterocycles. The largest absolute Gasteiger partial charge is 0.491 e. The van der Waals surface area contributed by atoms with Gasteiger partial charge in [-0.15, -0.1) is 11.3 Å². The van der Waals surface area contributed by atoms with Gasteiger partial charge in [0.2, 0.25) is 0 Å². The molecular weight excluding hydrogens is 462 g/mol. The molecule has 0 bridgehead atoms.